The number of nitrogens with zero attached hydrogens (tertiary/aromatic N) is 1. The quantitative estimate of drug-likeness (QED) is 0.858. The maximum atomic E-state index is 12.7. The molecule has 1 atom stereocenters. The Hall–Kier alpha value is -1.07. The highest BCUT2D eigenvalue weighted by Crippen LogP contribution is 2.08. The van der Waals surface area contributed by atoms with Gasteiger partial charge in [-0.3, -0.25) is 4.79 Å². The van der Waals surface area contributed by atoms with Gasteiger partial charge in [0.15, 0.2) is 0 Å². The fraction of sp³-hybridized carbons (Fsp3) is 0.462. The first-order chi connectivity index (χ1) is 8.54. The largest absolute Gasteiger partial charge is 0.340 e. The molecule has 2 N–H and O–H groups in total. The molecule has 1 aromatic carbocycles. The van der Waals surface area contributed by atoms with Gasteiger partial charge in [-0.1, -0.05) is 12.1 Å². The summed E-state index contributed by atoms with van der Waals surface area (Å²) in [6.45, 7) is 0.450. The van der Waals surface area contributed by atoms with Crippen LogP contribution in [0.25, 0.3) is 0 Å². The first-order valence-electron chi connectivity index (χ1n) is 5.78. The van der Waals surface area contributed by atoms with Crippen LogP contribution in [0.5, 0.6) is 0 Å². The number of carbonyl (C=O) groups is 1. The standard InChI is InChI=1S/C13H19FN2OS/c1-16(13(17)12(15)7-8-18-2)9-10-3-5-11(14)6-4-10/h3-6,12H,7-9,15H2,1-2H3/t12-/m0/s1. The summed E-state index contributed by atoms with van der Waals surface area (Å²) in [4.78, 5) is 13.5. The SMILES string of the molecule is CSCC[C@H](N)C(=O)N(C)Cc1ccc(F)cc1. The van der Waals surface area contributed by atoms with Crippen molar-refractivity contribution in [1.82, 2.24) is 4.90 Å². The lowest BCUT2D eigenvalue weighted by atomic mass is 10.1. The van der Waals surface area contributed by atoms with E-state index in [4.69, 9.17) is 5.73 Å². The number of nitrogens with two attached hydrogens (primary N) is 1. The Balaban J connectivity index is 2.51. The summed E-state index contributed by atoms with van der Waals surface area (Å²) in [5.41, 5.74) is 6.71. The minimum Gasteiger partial charge on any atom is -0.340 e. The van der Waals surface area contributed by atoms with Gasteiger partial charge < -0.3 is 10.6 Å². The van der Waals surface area contributed by atoms with Gasteiger partial charge in [-0.2, -0.15) is 11.8 Å². The topological polar surface area (TPSA) is 46.3 Å². The molecule has 0 spiro atoms. The number of rotatable bonds is 6. The van der Waals surface area contributed by atoms with Gasteiger partial charge in [-0.15, -0.1) is 0 Å². The predicted molar refractivity (Wildman–Crippen MR) is 73.8 cm³/mol. The van der Waals surface area contributed by atoms with Crippen molar-refractivity contribution in [2.24, 2.45) is 5.73 Å². The van der Waals surface area contributed by atoms with Crippen LogP contribution in [0.2, 0.25) is 0 Å². The highest BCUT2D eigenvalue weighted by atomic mass is 32.2. The Morgan fingerprint density at radius 3 is 2.61 bits per heavy atom. The van der Waals surface area contributed by atoms with Crippen molar-refractivity contribution in [2.45, 2.75) is 19.0 Å². The zero-order chi connectivity index (χ0) is 13.5. The number of amides is 1. The molecule has 0 unspecified atom stereocenters. The first-order valence-corrected chi connectivity index (χ1v) is 7.18. The molecule has 0 bridgehead atoms. The monoisotopic (exact) mass is 270 g/mol. The van der Waals surface area contributed by atoms with Crippen LogP contribution in [0, 0.1) is 5.82 Å². The van der Waals surface area contributed by atoms with Crippen LogP contribution in [-0.2, 0) is 11.3 Å². The van der Waals surface area contributed by atoms with Gasteiger partial charge >= 0.3 is 0 Å². The number of hydrogen-bond acceptors (Lipinski definition) is 3. The Labute approximate surface area is 112 Å². The molecule has 5 heteroatoms. The van der Waals surface area contributed by atoms with Gasteiger partial charge in [0.25, 0.3) is 0 Å². The number of carbonyl (C=O) groups excluding carboxylic acids is 1. The van der Waals surface area contributed by atoms with E-state index in [1.807, 2.05) is 6.26 Å². The number of halogens is 1. The fourth-order valence-corrected chi connectivity index (χ4v) is 2.08. The van der Waals surface area contributed by atoms with E-state index < -0.39 is 6.04 Å². The molecule has 0 radical (unpaired) electrons. The van der Waals surface area contributed by atoms with E-state index in [-0.39, 0.29) is 11.7 Å². The zero-order valence-corrected chi connectivity index (χ0v) is 11.5. The average Bonchev–Trinajstić information content (AvgIpc) is 2.37. The van der Waals surface area contributed by atoms with E-state index in [9.17, 15) is 9.18 Å². The number of hydrogen-bond donors (Lipinski definition) is 1. The van der Waals surface area contributed by atoms with Gasteiger partial charge in [-0.25, -0.2) is 4.39 Å². The zero-order valence-electron chi connectivity index (χ0n) is 10.7. The lowest BCUT2D eigenvalue weighted by Gasteiger charge is -2.21. The molecule has 0 saturated heterocycles. The maximum absolute atomic E-state index is 12.7. The van der Waals surface area contributed by atoms with Crippen LogP contribution in [0.3, 0.4) is 0 Å². The van der Waals surface area contributed by atoms with E-state index in [0.29, 0.717) is 13.0 Å². The molecule has 1 rings (SSSR count). The van der Waals surface area contributed by atoms with Crippen molar-refractivity contribution in [3.05, 3.63) is 35.6 Å². The molecule has 0 aliphatic rings. The third kappa shape index (κ3) is 4.66. The summed E-state index contributed by atoms with van der Waals surface area (Å²) in [7, 11) is 1.71. The third-order valence-electron chi connectivity index (χ3n) is 2.66. The van der Waals surface area contributed by atoms with Crippen molar-refractivity contribution in [1.29, 1.82) is 0 Å². The van der Waals surface area contributed by atoms with Gasteiger partial charge in [-0.05, 0) is 36.1 Å². The second-order valence-corrected chi connectivity index (χ2v) is 5.19. The second-order valence-electron chi connectivity index (χ2n) is 4.21. The minimum absolute atomic E-state index is 0.0756. The molecule has 0 aromatic heterocycles. The van der Waals surface area contributed by atoms with Crippen molar-refractivity contribution in [2.75, 3.05) is 19.1 Å². The van der Waals surface area contributed by atoms with E-state index in [0.717, 1.165) is 11.3 Å². The Bertz CT molecular complexity index is 383. The minimum atomic E-state index is -0.456. The molecule has 0 fully saturated rings. The van der Waals surface area contributed by atoms with Crippen molar-refractivity contribution in [3.63, 3.8) is 0 Å². The number of likely N-dealkylation sites (N-methyl/N-ethyl adjacent to an activating group) is 1. The molecule has 1 aromatic rings. The number of benzene rings is 1. The molecular formula is C13H19FN2OS. The molecule has 3 nitrogen and oxygen atoms in total. The molecule has 1 amide bonds. The highest BCUT2D eigenvalue weighted by molar-refractivity contribution is 7.98. The van der Waals surface area contributed by atoms with Crippen LogP contribution in [0.1, 0.15) is 12.0 Å². The van der Waals surface area contributed by atoms with Gasteiger partial charge in [0.1, 0.15) is 5.82 Å². The average molecular weight is 270 g/mol. The maximum Gasteiger partial charge on any atom is 0.239 e. The lowest BCUT2D eigenvalue weighted by molar-refractivity contribution is -0.131. The van der Waals surface area contributed by atoms with E-state index >= 15 is 0 Å². The molecule has 0 aliphatic heterocycles. The van der Waals surface area contributed by atoms with Crippen LogP contribution in [0.15, 0.2) is 24.3 Å². The summed E-state index contributed by atoms with van der Waals surface area (Å²) in [6.07, 6.45) is 2.66. The van der Waals surface area contributed by atoms with Crippen molar-refractivity contribution in [3.8, 4) is 0 Å². The Kier molecular flexibility index (Phi) is 6.15. The molecular weight excluding hydrogens is 251 g/mol. The number of thioether (sulfide) groups is 1. The highest BCUT2D eigenvalue weighted by Gasteiger charge is 2.17. The molecule has 100 valence electrons. The summed E-state index contributed by atoms with van der Waals surface area (Å²) in [5.74, 6) is 0.523. The van der Waals surface area contributed by atoms with Crippen molar-refractivity contribution >= 4 is 17.7 Å². The predicted octanol–water partition coefficient (Wildman–Crippen LogP) is 1.86. The van der Waals surface area contributed by atoms with Crippen LogP contribution < -0.4 is 5.73 Å². The smallest absolute Gasteiger partial charge is 0.239 e. The van der Waals surface area contributed by atoms with E-state index in [1.165, 1.54) is 12.1 Å². The fourth-order valence-electron chi connectivity index (χ4n) is 1.59. The summed E-state index contributed by atoms with van der Waals surface area (Å²) in [5, 5.41) is 0. The van der Waals surface area contributed by atoms with Crippen molar-refractivity contribution < 1.29 is 9.18 Å². The van der Waals surface area contributed by atoms with Crippen LogP contribution in [-0.4, -0.2) is 35.9 Å². The third-order valence-corrected chi connectivity index (χ3v) is 3.30. The van der Waals surface area contributed by atoms with Gasteiger partial charge in [0.2, 0.25) is 5.91 Å². The Morgan fingerprint density at radius 1 is 1.44 bits per heavy atom. The normalized spacial score (nSPS) is 12.2. The second kappa shape index (κ2) is 7.38. The van der Waals surface area contributed by atoms with E-state index in [1.54, 1.807) is 35.8 Å². The molecule has 0 saturated carbocycles. The summed E-state index contributed by atoms with van der Waals surface area (Å²) >= 11 is 1.67. The van der Waals surface area contributed by atoms with Crippen LogP contribution in [0.4, 0.5) is 4.39 Å². The molecule has 18 heavy (non-hydrogen) atoms. The first kappa shape index (κ1) is 15.0. The van der Waals surface area contributed by atoms with Crippen LogP contribution >= 0.6 is 11.8 Å². The summed E-state index contributed by atoms with van der Waals surface area (Å²) < 4.78 is 12.7. The van der Waals surface area contributed by atoms with Gasteiger partial charge in [0, 0.05) is 13.6 Å². The molecule has 0 aliphatic carbocycles. The van der Waals surface area contributed by atoms with Gasteiger partial charge in [0.05, 0.1) is 6.04 Å². The van der Waals surface area contributed by atoms with E-state index in [2.05, 4.69) is 0 Å². The molecule has 0 heterocycles. The lowest BCUT2D eigenvalue weighted by Crippen LogP contribution is -2.41. The summed E-state index contributed by atoms with van der Waals surface area (Å²) in [6, 6.07) is 5.67. The Morgan fingerprint density at radius 2 is 2.06 bits per heavy atom.